The van der Waals surface area contributed by atoms with Gasteiger partial charge < -0.3 is 9.13 Å². The van der Waals surface area contributed by atoms with E-state index in [0.717, 1.165) is 54.4 Å². The number of benzene rings is 7. The Kier molecular flexibility index (Phi) is 6.93. The Morgan fingerprint density at radius 1 is 0.434 bits per heavy atom. The van der Waals surface area contributed by atoms with E-state index in [2.05, 4.69) is 153 Å². The highest BCUT2D eigenvalue weighted by atomic mass is 15.0. The highest BCUT2D eigenvalue weighted by Gasteiger charge is 2.27. The van der Waals surface area contributed by atoms with Gasteiger partial charge in [-0.15, -0.1) is 0 Å². The molecule has 7 aromatic carbocycles. The second-order valence-electron chi connectivity index (χ2n) is 13.4. The Balaban J connectivity index is 1.27. The van der Waals surface area contributed by atoms with E-state index in [0.29, 0.717) is 22.5 Å². The summed E-state index contributed by atoms with van der Waals surface area (Å²) in [7, 11) is 0. The van der Waals surface area contributed by atoms with Crippen molar-refractivity contribution in [3.8, 4) is 23.5 Å². The van der Waals surface area contributed by atoms with Crippen LogP contribution in [0.5, 0.6) is 0 Å². The summed E-state index contributed by atoms with van der Waals surface area (Å²) in [6, 6.07) is 61.4. The van der Waals surface area contributed by atoms with Crippen LogP contribution in [0.4, 0.5) is 0 Å². The lowest BCUT2D eigenvalue weighted by Gasteiger charge is -2.16. The Morgan fingerprint density at radius 2 is 0.925 bits per heavy atom. The molecule has 0 aliphatic carbocycles. The Labute approximate surface area is 305 Å². The first-order valence-corrected chi connectivity index (χ1v) is 17.7. The maximum absolute atomic E-state index is 10.9. The number of fused-ring (bicyclic) bond motifs is 8. The molecule has 3 aromatic heterocycles. The van der Waals surface area contributed by atoms with Crippen molar-refractivity contribution in [3.05, 3.63) is 198 Å². The zero-order valence-corrected chi connectivity index (χ0v) is 28.6. The number of nitriles is 2. The molecule has 246 valence electrons. The van der Waals surface area contributed by atoms with Crippen molar-refractivity contribution < 1.29 is 4.57 Å². The molecular formula is C48H30N5+. The number of para-hydroxylation sites is 2. The molecule has 0 aliphatic rings. The van der Waals surface area contributed by atoms with Crippen molar-refractivity contribution >= 4 is 54.4 Å². The third-order valence-electron chi connectivity index (χ3n) is 10.6. The molecule has 5 heteroatoms. The molecule has 0 atom stereocenters. The smallest absolute Gasteiger partial charge is 0.208 e. The molecule has 0 radical (unpaired) electrons. The van der Waals surface area contributed by atoms with Gasteiger partial charge in [-0.25, -0.2) is 0 Å². The Bertz CT molecular complexity index is 3050. The van der Waals surface area contributed by atoms with Gasteiger partial charge >= 0.3 is 0 Å². The highest BCUT2D eigenvalue weighted by Crippen LogP contribution is 2.40. The van der Waals surface area contributed by atoms with E-state index in [1.54, 1.807) is 0 Å². The molecule has 0 saturated heterocycles. The monoisotopic (exact) mass is 676 g/mol. The molecule has 0 saturated carbocycles. The standard InChI is InChI=1S/C48H30N5/c49-29-38-39(30-50)44(26-25-43(38)52-41-21-11-9-19-36(41)37-20-10-12-22-42(37)52)53-45-27-28-51(48(33-14-3-1-4-15-33)34-16-5-2-6-17-34)31-40(45)47-35-18-8-7-13-32(35)23-24-46(47)53/h1-28,31,48H/q+1. The van der Waals surface area contributed by atoms with Crippen LogP contribution in [-0.4, -0.2) is 9.13 Å². The first-order valence-electron chi connectivity index (χ1n) is 17.7. The van der Waals surface area contributed by atoms with E-state index < -0.39 is 0 Å². The van der Waals surface area contributed by atoms with E-state index in [-0.39, 0.29) is 6.04 Å². The van der Waals surface area contributed by atoms with Gasteiger partial charge in [-0.3, -0.25) is 0 Å². The van der Waals surface area contributed by atoms with Gasteiger partial charge in [-0.05, 0) is 41.1 Å². The molecule has 0 aliphatic heterocycles. The summed E-state index contributed by atoms with van der Waals surface area (Å²) >= 11 is 0. The van der Waals surface area contributed by atoms with Crippen LogP contribution in [0.2, 0.25) is 0 Å². The quantitative estimate of drug-likeness (QED) is 0.170. The van der Waals surface area contributed by atoms with Crippen LogP contribution >= 0.6 is 0 Å². The van der Waals surface area contributed by atoms with Crippen molar-refractivity contribution in [2.75, 3.05) is 0 Å². The molecule has 53 heavy (non-hydrogen) atoms. The molecule has 0 amide bonds. The second-order valence-corrected chi connectivity index (χ2v) is 13.4. The van der Waals surface area contributed by atoms with Crippen LogP contribution < -0.4 is 4.57 Å². The van der Waals surface area contributed by atoms with Crippen LogP contribution in [0.3, 0.4) is 0 Å². The van der Waals surface area contributed by atoms with E-state index in [1.165, 1.54) is 11.1 Å². The third-order valence-corrected chi connectivity index (χ3v) is 10.6. The van der Waals surface area contributed by atoms with Crippen molar-refractivity contribution in [2.24, 2.45) is 0 Å². The van der Waals surface area contributed by atoms with E-state index in [1.807, 2.05) is 48.5 Å². The lowest BCUT2D eigenvalue weighted by Crippen LogP contribution is -2.40. The lowest BCUT2D eigenvalue weighted by atomic mass is 9.98. The number of aromatic nitrogens is 3. The van der Waals surface area contributed by atoms with Gasteiger partial charge in [0.2, 0.25) is 6.04 Å². The number of nitrogens with zero attached hydrogens (tertiary/aromatic N) is 5. The van der Waals surface area contributed by atoms with E-state index >= 15 is 0 Å². The second kappa shape index (κ2) is 12.1. The molecule has 3 heterocycles. The average molecular weight is 677 g/mol. The zero-order valence-electron chi connectivity index (χ0n) is 28.6. The SMILES string of the molecule is N#Cc1c(-n2c3ccccc3c3ccccc32)ccc(-n2c3cc[n+](C(c4ccccc4)c4ccccc4)cc3c3c4ccccc4ccc32)c1C#N. The van der Waals surface area contributed by atoms with E-state index in [9.17, 15) is 10.5 Å². The number of pyridine rings is 1. The molecule has 5 nitrogen and oxygen atoms in total. The molecule has 0 bridgehead atoms. The van der Waals surface area contributed by atoms with Crippen LogP contribution in [0.25, 0.3) is 65.8 Å². The van der Waals surface area contributed by atoms with Crippen molar-refractivity contribution in [1.82, 2.24) is 9.13 Å². The summed E-state index contributed by atoms with van der Waals surface area (Å²) < 4.78 is 6.57. The van der Waals surface area contributed by atoms with Gasteiger partial charge in [-0.1, -0.05) is 127 Å². The zero-order chi connectivity index (χ0) is 35.5. The first-order chi connectivity index (χ1) is 26.2. The number of hydrogen-bond acceptors (Lipinski definition) is 2. The van der Waals surface area contributed by atoms with Crippen molar-refractivity contribution in [1.29, 1.82) is 10.5 Å². The minimum absolute atomic E-state index is 0.0551. The van der Waals surface area contributed by atoms with Crippen LogP contribution in [0, 0.1) is 22.7 Å². The summed E-state index contributed by atoms with van der Waals surface area (Å²) in [6.45, 7) is 0. The molecule has 10 aromatic rings. The number of rotatable bonds is 5. The van der Waals surface area contributed by atoms with Crippen LogP contribution in [0.15, 0.2) is 176 Å². The summed E-state index contributed by atoms with van der Waals surface area (Å²) in [5, 5.41) is 28.4. The van der Waals surface area contributed by atoms with Gasteiger partial charge in [-0.2, -0.15) is 15.1 Å². The van der Waals surface area contributed by atoms with E-state index in [4.69, 9.17) is 0 Å². The Morgan fingerprint density at radius 3 is 1.51 bits per heavy atom. The average Bonchev–Trinajstić information content (AvgIpc) is 3.74. The summed E-state index contributed by atoms with van der Waals surface area (Å²) in [4.78, 5) is 0. The van der Waals surface area contributed by atoms with Gasteiger partial charge in [0, 0.05) is 33.4 Å². The predicted octanol–water partition coefficient (Wildman–Crippen LogP) is 10.7. The van der Waals surface area contributed by atoms with Crippen molar-refractivity contribution in [3.63, 3.8) is 0 Å². The third kappa shape index (κ3) is 4.59. The van der Waals surface area contributed by atoms with Crippen LogP contribution in [-0.2, 0) is 0 Å². The Hall–Kier alpha value is -7.47. The molecule has 0 fully saturated rings. The maximum Gasteiger partial charge on any atom is 0.208 e. The fourth-order valence-corrected chi connectivity index (χ4v) is 8.34. The largest absolute Gasteiger partial charge is 0.308 e. The minimum Gasteiger partial charge on any atom is -0.308 e. The fourth-order valence-electron chi connectivity index (χ4n) is 8.34. The van der Waals surface area contributed by atoms with Gasteiger partial charge in [0.05, 0.1) is 50.0 Å². The molecule has 0 unspecified atom stereocenters. The maximum atomic E-state index is 10.9. The van der Waals surface area contributed by atoms with Gasteiger partial charge in [0.15, 0.2) is 12.4 Å². The molecular weight excluding hydrogens is 647 g/mol. The highest BCUT2D eigenvalue weighted by molar-refractivity contribution is 6.21. The minimum atomic E-state index is -0.0551. The van der Waals surface area contributed by atoms with Gasteiger partial charge in [0.25, 0.3) is 0 Å². The summed E-state index contributed by atoms with van der Waals surface area (Å²) in [5.74, 6) is 0. The summed E-state index contributed by atoms with van der Waals surface area (Å²) in [6.07, 6.45) is 4.38. The lowest BCUT2D eigenvalue weighted by molar-refractivity contribution is -0.703. The molecule has 0 spiro atoms. The summed E-state index contributed by atoms with van der Waals surface area (Å²) in [5.41, 5.74) is 8.29. The number of hydrogen-bond donors (Lipinski definition) is 0. The predicted molar refractivity (Wildman–Crippen MR) is 212 cm³/mol. The molecule has 0 N–H and O–H groups in total. The first kappa shape index (κ1) is 30.4. The van der Waals surface area contributed by atoms with Gasteiger partial charge in [0.1, 0.15) is 12.1 Å². The topological polar surface area (TPSA) is 61.3 Å². The van der Waals surface area contributed by atoms with Crippen molar-refractivity contribution in [2.45, 2.75) is 6.04 Å². The normalized spacial score (nSPS) is 11.5. The molecule has 10 rings (SSSR count). The fraction of sp³-hybridized carbons (Fsp3) is 0.0208. The van der Waals surface area contributed by atoms with Crippen LogP contribution in [0.1, 0.15) is 28.3 Å².